The third kappa shape index (κ3) is 3.06. The number of nitrogens with two attached hydrogens (primary N) is 1. The Morgan fingerprint density at radius 2 is 2.31 bits per heavy atom. The molecule has 0 fully saturated rings. The van der Waals surface area contributed by atoms with E-state index in [1.807, 2.05) is 6.92 Å². The van der Waals surface area contributed by atoms with Gasteiger partial charge in [0.2, 0.25) is 0 Å². The van der Waals surface area contributed by atoms with E-state index in [-0.39, 0.29) is 11.8 Å². The first kappa shape index (κ1) is 12.7. The molecule has 0 aromatic carbocycles. The SMILES string of the molecule is Cc1cc(C(=O)N(C)CC(C)C(N)=S)co1. The average molecular weight is 240 g/mol. The van der Waals surface area contributed by atoms with Gasteiger partial charge in [0.1, 0.15) is 12.0 Å². The van der Waals surface area contributed by atoms with Crippen LogP contribution in [0.2, 0.25) is 0 Å². The summed E-state index contributed by atoms with van der Waals surface area (Å²) in [6.45, 7) is 4.21. The second-order valence-corrected chi connectivity index (χ2v) is 4.41. The lowest BCUT2D eigenvalue weighted by molar-refractivity contribution is 0.0786. The van der Waals surface area contributed by atoms with Crippen molar-refractivity contribution in [3.05, 3.63) is 23.7 Å². The molecule has 0 bridgehead atoms. The summed E-state index contributed by atoms with van der Waals surface area (Å²) in [5.41, 5.74) is 6.05. The van der Waals surface area contributed by atoms with E-state index in [0.717, 1.165) is 5.76 Å². The number of carbonyl (C=O) groups excluding carboxylic acids is 1. The Hall–Kier alpha value is -1.36. The molecular formula is C11H16N2O2S. The largest absolute Gasteiger partial charge is 0.469 e. The second-order valence-electron chi connectivity index (χ2n) is 3.94. The van der Waals surface area contributed by atoms with Gasteiger partial charge in [0.05, 0.1) is 10.6 Å². The highest BCUT2D eigenvalue weighted by molar-refractivity contribution is 7.80. The molecule has 2 N–H and O–H groups in total. The predicted molar refractivity (Wildman–Crippen MR) is 66.4 cm³/mol. The van der Waals surface area contributed by atoms with Crippen LogP contribution in [0.25, 0.3) is 0 Å². The monoisotopic (exact) mass is 240 g/mol. The predicted octanol–water partition coefficient (Wildman–Crippen LogP) is 1.58. The van der Waals surface area contributed by atoms with E-state index < -0.39 is 0 Å². The van der Waals surface area contributed by atoms with Gasteiger partial charge in [-0.05, 0) is 13.0 Å². The van der Waals surface area contributed by atoms with Crippen molar-refractivity contribution >= 4 is 23.1 Å². The van der Waals surface area contributed by atoms with Crippen LogP contribution in [0.1, 0.15) is 23.0 Å². The van der Waals surface area contributed by atoms with Gasteiger partial charge in [0.15, 0.2) is 0 Å². The molecule has 1 aromatic heterocycles. The fourth-order valence-electron chi connectivity index (χ4n) is 1.36. The number of nitrogens with zero attached hydrogens (tertiary/aromatic N) is 1. The lowest BCUT2D eigenvalue weighted by Gasteiger charge is -2.20. The molecule has 1 unspecified atom stereocenters. The molecule has 0 radical (unpaired) electrons. The van der Waals surface area contributed by atoms with Crippen LogP contribution in [-0.2, 0) is 0 Å². The quantitative estimate of drug-likeness (QED) is 0.812. The summed E-state index contributed by atoms with van der Waals surface area (Å²) >= 11 is 4.87. The van der Waals surface area contributed by atoms with Gasteiger partial charge >= 0.3 is 0 Å². The Kier molecular flexibility index (Phi) is 4.06. The molecule has 1 amide bonds. The van der Waals surface area contributed by atoms with Crippen LogP contribution in [0.3, 0.4) is 0 Å². The summed E-state index contributed by atoms with van der Waals surface area (Å²) < 4.78 is 5.09. The molecule has 0 aliphatic carbocycles. The zero-order chi connectivity index (χ0) is 12.3. The maximum Gasteiger partial charge on any atom is 0.256 e. The van der Waals surface area contributed by atoms with E-state index in [1.165, 1.54) is 6.26 Å². The highest BCUT2D eigenvalue weighted by Gasteiger charge is 2.17. The van der Waals surface area contributed by atoms with E-state index in [9.17, 15) is 4.79 Å². The summed E-state index contributed by atoms with van der Waals surface area (Å²) in [5, 5.41) is 0. The molecule has 1 aromatic rings. The van der Waals surface area contributed by atoms with E-state index in [1.54, 1.807) is 24.9 Å². The number of carbonyl (C=O) groups is 1. The van der Waals surface area contributed by atoms with Gasteiger partial charge < -0.3 is 15.1 Å². The fourth-order valence-corrected chi connectivity index (χ4v) is 1.43. The number of hydrogen-bond acceptors (Lipinski definition) is 3. The van der Waals surface area contributed by atoms with Gasteiger partial charge in [-0.15, -0.1) is 0 Å². The van der Waals surface area contributed by atoms with Gasteiger partial charge in [-0.2, -0.15) is 0 Å². The van der Waals surface area contributed by atoms with Crippen LogP contribution in [0.15, 0.2) is 16.7 Å². The summed E-state index contributed by atoms with van der Waals surface area (Å²) in [7, 11) is 1.72. The smallest absolute Gasteiger partial charge is 0.256 e. The lowest BCUT2D eigenvalue weighted by atomic mass is 10.1. The summed E-state index contributed by atoms with van der Waals surface area (Å²) in [4.78, 5) is 13.9. The minimum absolute atomic E-state index is 0.0111. The van der Waals surface area contributed by atoms with Gasteiger partial charge in [-0.25, -0.2) is 0 Å². The van der Waals surface area contributed by atoms with Crippen LogP contribution in [0, 0.1) is 12.8 Å². The molecule has 5 heteroatoms. The highest BCUT2D eigenvalue weighted by Crippen LogP contribution is 2.10. The van der Waals surface area contributed by atoms with Crippen LogP contribution < -0.4 is 5.73 Å². The van der Waals surface area contributed by atoms with Crippen molar-refractivity contribution < 1.29 is 9.21 Å². The van der Waals surface area contributed by atoms with Crippen molar-refractivity contribution in [3.63, 3.8) is 0 Å². The van der Waals surface area contributed by atoms with Gasteiger partial charge in [-0.3, -0.25) is 4.79 Å². The van der Waals surface area contributed by atoms with Crippen molar-refractivity contribution in [3.8, 4) is 0 Å². The third-order valence-corrected chi connectivity index (χ3v) is 2.76. The van der Waals surface area contributed by atoms with Crippen LogP contribution in [0.5, 0.6) is 0 Å². The first-order valence-corrected chi connectivity index (χ1v) is 5.42. The Bertz CT molecular complexity index is 400. The number of amides is 1. The molecular weight excluding hydrogens is 224 g/mol. The zero-order valence-electron chi connectivity index (χ0n) is 9.69. The highest BCUT2D eigenvalue weighted by atomic mass is 32.1. The van der Waals surface area contributed by atoms with Crippen molar-refractivity contribution in [1.82, 2.24) is 4.90 Å². The van der Waals surface area contributed by atoms with E-state index in [2.05, 4.69) is 0 Å². The lowest BCUT2D eigenvalue weighted by Crippen LogP contribution is -2.35. The average Bonchev–Trinajstić information content (AvgIpc) is 2.63. The Morgan fingerprint density at radius 3 is 2.75 bits per heavy atom. The number of hydrogen-bond donors (Lipinski definition) is 1. The maximum absolute atomic E-state index is 11.9. The zero-order valence-corrected chi connectivity index (χ0v) is 10.5. The first-order chi connectivity index (χ1) is 7.41. The molecule has 0 spiro atoms. The molecule has 1 heterocycles. The van der Waals surface area contributed by atoms with Crippen LogP contribution >= 0.6 is 12.2 Å². The Labute approximate surface area is 100 Å². The third-order valence-electron chi connectivity index (χ3n) is 2.36. The van der Waals surface area contributed by atoms with E-state index >= 15 is 0 Å². The Balaban J connectivity index is 2.64. The topological polar surface area (TPSA) is 59.5 Å². The number of rotatable bonds is 4. The molecule has 1 rings (SSSR count). The number of furan rings is 1. The summed E-state index contributed by atoms with van der Waals surface area (Å²) in [6, 6.07) is 1.71. The fraction of sp³-hybridized carbons (Fsp3) is 0.455. The van der Waals surface area contributed by atoms with Crippen LogP contribution in [-0.4, -0.2) is 29.4 Å². The first-order valence-electron chi connectivity index (χ1n) is 5.01. The molecule has 4 nitrogen and oxygen atoms in total. The molecule has 16 heavy (non-hydrogen) atoms. The van der Waals surface area contributed by atoms with E-state index in [4.69, 9.17) is 22.4 Å². The second kappa shape index (κ2) is 5.12. The normalized spacial score (nSPS) is 12.2. The molecule has 88 valence electrons. The number of aryl methyl sites for hydroxylation is 1. The summed E-state index contributed by atoms with van der Waals surface area (Å²) in [6.07, 6.45) is 1.46. The van der Waals surface area contributed by atoms with Crippen molar-refractivity contribution in [2.24, 2.45) is 11.7 Å². The molecule has 0 saturated carbocycles. The molecule has 1 atom stereocenters. The summed E-state index contributed by atoms with van der Waals surface area (Å²) in [5.74, 6) is 0.649. The Morgan fingerprint density at radius 1 is 1.69 bits per heavy atom. The molecule has 0 saturated heterocycles. The molecule has 0 aliphatic rings. The minimum atomic E-state index is -0.0834. The van der Waals surface area contributed by atoms with Gasteiger partial charge in [0.25, 0.3) is 5.91 Å². The van der Waals surface area contributed by atoms with Gasteiger partial charge in [-0.1, -0.05) is 19.1 Å². The standard InChI is InChI=1S/C11H16N2O2S/c1-7(10(12)16)5-13(3)11(14)9-4-8(2)15-6-9/h4,6-7H,5H2,1-3H3,(H2,12,16). The number of thiocarbonyl (C=S) groups is 1. The van der Waals surface area contributed by atoms with Gasteiger partial charge in [0, 0.05) is 19.5 Å². The molecule has 0 aliphatic heterocycles. The van der Waals surface area contributed by atoms with Crippen LogP contribution in [0.4, 0.5) is 0 Å². The van der Waals surface area contributed by atoms with Crippen molar-refractivity contribution in [2.75, 3.05) is 13.6 Å². The minimum Gasteiger partial charge on any atom is -0.469 e. The maximum atomic E-state index is 11.9. The van der Waals surface area contributed by atoms with Crippen molar-refractivity contribution in [2.45, 2.75) is 13.8 Å². The van der Waals surface area contributed by atoms with E-state index in [0.29, 0.717) is 17.1 Å². The van der Waals surface area contributed by atoms with Crippen molar-refractivity contribution in [1.29, 1.82) is 0 Å².